The fraction of sp³-hybridized carbons (Fsp3) is 0.935. The van der Waals surface area contributed by atoms with E-state index in [1.54, 1.807) is 28.4 Å². The number of aliphatic hydroxyl groups is 2. The van der Waals surface area contributed by atoms with Crippen molar-refractivity contribution in [2.45, 2.75) is 314 Å². The highest BCUT2D eigenvalue weighted by molar-refractivity contribution is 7.91. The first-order valence-corrected chi connectivity index (χ1v) is 36.9. The first-order valence-electron chi connectivity index (χ1n) is 32.4. The lowest BCUT2D eigenvalue weighted by atomic mass is 9.92. The molecule has 1 amide bonds. The predicted octanol–water partition coefficient (Wildman–Crippen LogP) is 7.24. The van der Waals surface area contributed by atoms with E-state index in [1.165, 1.54) is 7.05 Å². The molecule has 4 fully saturated rings. The van der Waals surface area contributed by atoms with Gasteiger partial charge in [-0.1, -0.05) is 52.8 Å². The number of methoxy groups -OCH3 is 4. The van der Waals surface area contributed by atoms with Crippen LogP contribution in [-0.4, -0.2) is 281 Å². The van der Waals surface area contributed by atoms with Crippen molar-refractivity contribution in [3.63, 3.8) is 0 Å². The second-order valence-electron chi connectivity index (χ2n) is 23.7. The van der Waals surface area contributed by atoms with E-state index in [-0.39, 0.29) is 119 Å². The molecule has 530 valence electrons. The zero-order valence-corrected chi connectivity index (χ0v) is 62.6. The van der Waals surface area contributed by atoms with Gasteiger partial charge in [0.25, 0.3) is 0 Å². The Morgan fingerprint density at radius 1 is 0.624 bits per heavy atom. The zero-order chi connectivity index (χ0) is 70.7. The van der Waals surface area contributed by atoms with Gasteiger partial charge in [-0.25, -0.2) is 6.57 Å². The molecular weight excluding hydrogens is 1260 g/mol. The van der Waals surface area contributed by atoms with E-state index in [1.807, 2.05) is 104 Å². The van der Waals surface area contributed by atoms with Gasteiger partial charge in [0.2, 0.25) is 12.5 Å². The number of carbonyl (C=O) groups excluding carboxylic acids is 2. The topological polar surface area (TPSA) is 266 Å². The zero-order valence-electron chi connectivity index (χ0n) is 60.0. The van der Waals surface area contributed by atoms with Crippen molar-refractivity contribution in [1.29, 1.82) is 5.26 Å². The normalized spacial score (nSPS) is 30.7. The Labute approximate surface area is 573 Å². The largest absolute Gasteiger partial charge is 0.457 e. The van der Waals surface area contributed by atoms with E-state index in [2.05, 4.69) is 34.8 Å². The average molecular weight is 1370 g/mol. The summed E-state index contributed by atoms with van der Waals surface area (Å²) >= 11 is 6.44. The first-order chi connectivity index (χ1) is 43.2. The van der Waals surface area contributed by atoms with Gasteiger partial charge < -0.3 is 91.0 Å². The number of amides is 1. The number of aliphatic hydroxyl groups excluding tert-OH is 2. The number of hydrogen-bond donors (Lipinski definition) is 3. The number of carbonyl (C=O) groups is 2. The minimum absolute atomic E-state index is 0. The van der Waals surface area contributed by atoms with E-state index in [0.717, 1.165) is 25.4 Å². The van der Waals surface area contributed by atoms with Crippen molar-refractivity contribution in [1.82, 2.24) is 5.32 Å². The third kappa shape index (κ3) is 33.1. The Morgan fingerprint density at radius 2 is 0.978 bits per heavy atom. The highest BCUT2D eigenvalue weighted by Gasteiger charge is 2.48. The lowest BCUT2D eigenvalue weighted by Gasteiger charge is -2.30. The molecule has 0 aromatic carbocycles. The van der Waals surface area contributed by atoms with E-state index in [9.17, 15) is 19.8 Å². The molecule has 31 heteroatoms. The van der Waals surface area contributed by atoms with Gasteiger partial charge >= 0.3 is 5.97 Å². The van der Waals surface area contributed by atoms with Crippen molar-refractivity contribution < 1.29 is 90.4 Å². The SMILES string of the molecule is CC(C)N=P(Cl)(CCC#N)C(C)C.[BH].[B][C@@H]1O[C@H](CC)[C@H](O)C1O[C@H](C)[C@@H](C)OC.[B][C@@H]1O[C@H](CC)[C@H](O)C1O[C@H](C)[C@@H](C)OC.[B][C@@H]1O[C@H](CC)[C@H](OC(=O)CCC(=O)NC)C1O[C@H](C)[C@@H](C)OC.[B][C@@H]1O[C@H](CC)[C@H](OP(C)OCC[N+]#[C-])C1O[C@H](C)[C@@H](C)OC. The first kappa shape index (κ1) is 93.6. The van der Waals surface area contributed by atoms with Crippen molar-refractivity contribution in [3.05, 3.63) is 11.4 Å². The summed E-state index contributed by atoms with van der Waals surface area (Å²) in [6.45, 7) is 40.7. The number of nitriles is 1. The maximum Gasteiger partial charge on any atom is 0.306 e. The predicted molar refractivity (Wildman–Crippen MR) is 370 cm³/mol. The number of nitrogens with zero attached hydrogens (tertiary/aromatic N) is 3. The monoisotopic (exact) mass is 1370 g/mol. The summed E-state index contributed by atoms with van der Waals surface area (Å²) in [6, 6.07) is 0.0572. The van der Waals surface area contributed by atoms with Gasteiger partial charge in [-0.05, 0) is 94.9 Å². The molecule has 23 nitrogen and oxygen atoms in total. The number of esters is 1. The Kier molecular flexibility index (Phi) is 50.3. The maximum absolute atomic E-state index is 12.0. The van der Waals surface area contributed by atoms with Gasteiger partial charge in [-0.15, -0.1) is 0 Å². The molecule has 0 aliphatic carbocycles. The highest BCUT2D eigenvalue weighted by Crippen LogP contribution is 2.60. The minimum atomic E-state index is -1.74. The summed E-state index contributed by atoms with van der Waals surface area (Å²) in [5, 5.41) is 30.9. The second kappa shape index (κ2) is 50.0. The Balaban J connectivity index is 0. The smallest absolute Gasteiger partial charge is 0.306 e. The molecule has 26 atom stereocenters. The third-order valence-electron chi connectivity index (χ3n) is 16.3. The number of nitrogens with one attached hydrogen (secondary N) is 1. The van der Waals surface area contributed by atoms with Crippen LogP contribution in [0, 0.1) is 17.9 Å². The van der Waals surface area contributed by atoms with Crippen LogP contribution in [0.1, 0.15) is 156 Å². The van der Waals surface area contributed by atoms with Gasteiger partial charge in [0.15, 0.2) is 14.5 Å². The number of halogens is 1. The lowest BCUT2D eigenvalue weighted by Crippen LogP contribution is -2.43. The highest BCUT2D eigenvalue weighted by atomic mass is 35.7. The van der Waals surface area contributed by atoms with Crippen LogP contribution in [0.15, 0.2) is 4.74 Å². The van der Waals surface area contributed by atoms with Gasteiger partial charge in [-0.3, -0.25) is 14.3 Å². The van der Waals surface area contributed by atoms with Crippen LogP contribution < -0.4 is 5.32 Å². The summed E-state index contributed by atoms with van der Waals surface area (Å²) in [5.74, 6) is -0.686. The molecule has 0 aromatic rings. The second-order valence-corrected chi connectivity index (χ2v) is 30.0. The fourth-order valence-electron chi connectivity index (χ4n) is 9.48. The fourth-order valence-corrected chi connectivity index (χ4v) is 13.3. The standard InChI is InChI=1S/C16H28BNO6.C15H27BNO5P.2C11H21BO4.C9H18ClN2P.BH/c1-6-11-14(24-13(20)8-7-12(19)18-4)15(16(17)23-11)22-10(3)9(2)21-5;1-7-12-13(22-23(6)19-9-8-17-4)14(15(16)21-12)20-11(3)10(2)18-5;2*1-5-8-9(13)10(11(12)16-8)15-7(3)6(2)14-4;1-8(2)12-13(10,9(3)4)7-5-6-11;/h9-11,14-16H,6-8H2,1-5H3,(H,18,19);10-15H,7-9H2,1-3,5-6H3;2*6-11,13H,5H2,1-4H3;8-9H,5,7H2,1-4H3;1H/t9-,10-,11-,14+,15?,16-;10-,11-,12-,13+,14?,15-,23?;2*6-,7-,8-,9+,10?,11-;;/m1111../s1. The molecule has 4 saturated heterocycles. The Morgan fingerprint density at radius 3 is 1.30 bits per heavy atom. The van der Waals surface area contributed by atoms with E-state index >= 15 is 0 Å². The van der Waals surface area contributed by atoms with Crippen LogP contribution in [0.5, 0.6) is 0 Å². The van der Waals surface area contributed by atoms with Crippen molar-refractivity contribution in [2.24, 2.45) is 4.74 Å². The van der Waals surface area contributed by atoms with Crippen LogP contribution in [0.25, 0.3) is 4.85 Å². The molecule has 93 heavy (non-hydrogen) atoms. The molecule has 4 rings (SSSR count). The van der Waals surface area contributed by atoms with Crippen LogP contribution in [0.2, 0.25) is 0 Å². The number of hydrogen-bond acceptors (Lipinski definition) is 21. The molecule has 4 aliphatic heterocycles. The number of ether oxygens (including phenoxy) is 13. The molecule has 0 spiro atoms. The molecule has 4 heterocycles. The van der Waals surface area contributed by atoms with E-state index in [4.69, 9.17) is 125 Å². The molecule has 0 saturated carbocycles. The Hall–Kier alpha value is -1.45. The van der Waals surface area contributed by atoms with Crippen LogP contribution >= 0.6 is 26.0 Å². The molecule has 3 N–H and O–H groups in total. The van der Waals surface area contributed by atoms with Gasteiger partial charge in [0.05, 0.1) is 92.1 Å². The van der Waals surface area contributed by atoms with Gasteiger partial charge in [0, 0.05) is 105 Å². The summed E-state index contributed by atoms with van der Waals surface area (Å²) in [6.07, 6.45) is -3.47. The molecular formula is C62H116B5ClN4O19P2. The van der Waals surface area contributed by atoms with E-state index < -0.39 is 81.4 Å². The molecule has 6 unspecified atom stereocenters. The molecule has 4 aliphatic rings. The van der Waals surface area contributed by atoms with Crippen molar-refractivity contribution in [2.75, 3.05) is 61.5 Å². The summed E-state index contributed by atoms with van der Waals surface area (Å²) in [4.78, 5) is 26.5. The van der Waals surface area contributed by atoms with Crippen LogP contribution in [0.4, 0.5) is 0 Å². The van der Waals surface area contributed by atoms with Crippen LogP contribution in [-0.2, 0) is 80.2 Å². The minimum Gasteiger partial charge on any atom is -0.457 e. The summed E-state index contributed by atoms with van der Waals surface area (Å²) in [7, 11) is 30.5. The van der Waals surface area contributed by atoms with Crippen molar-refractivity contribution >= 4 is 77.7 Å². The van der Waals surface area contributed by atoms with Crippen molar-refractivity contribution in [3.8, 4) is 6.07 Å². The van der Waals surface area contributed by atoms with Gasteiger partial charge in [-0.2, -0.15) is 5.26 Å². The Bertz CT molecular complexity index is 2100. The molecule has 10 radical (unpaired) electrons. The quantitative estimate of drug-likeness (QED) is 0.0192. The average Bonchev–Trinajstić information content (AvgIpc) is 1.73. The molecule has 0 bridgehead atoms. The molecule has 0 aromatic heterocycles. The third-order valence-corrected chi connectivity index (χ3v) is 22.6. The summed E-state index contributed by atoms with van der Waals surface area (Å²) < 4.78 is 88.1. The van der Waals surface area contributed by atoms with Crippen LogP contribution in [0.3, 0.4) is 0 Å². The number of rotatable bonds is 33. The maximum atomic E-state index is 12.0. The summed E-state index contributed by atoms with van der Waals surface area (Å²) in [5.41, 5.74) is 0.380. The van der Waals surface area contributed by atoms with E-state index in [0.29, 0.717) is 31.7 Å². The van der Waals surface area contributed by atoms with Gasteiger partial charge in [0.1, 0.15) is 80.7 Å². The lowest BCUT2D eigenvalue weighted by molar-refractivity contribution is -0.163.